The summed E-state index contributed by atoms with van der Waals surface area (Å²) in [5.74, 6) is -0.766. The number of carbonyl (C=O) groups excluding carboxylic acids is 2. The molecule has 0 aromatic heterocycles. The second-order valence-corrected chi connectivity index (χ2v) is 30.6. The molecule has 0 aromatic rings. The Bertz CT molecular complexity index is 1520. The predicted molar refractivity (Wildman–Crippen MR) is 391 cm³/mol. The van der Waals surface area contributed by atoms with E-state index in [2.05, 4.69) is 26.0 Å². The quantitative estimate of drug-likeness (QED) is 0.0211. The zero-order valence-electron chi connectivity index (χ0n) is 61.4. The Morgan fingerprint density at radius 3 is 0.822 bits per heavy atom. The van der Waals surface area contributed by atoms with Crippen molar-refractivity contribution in [3.8, 4) is 0 Å². The van der Waals surface area contributed by atoms with E-state index in [0.29, 0.717) is 17.4 Å². The number of hydrogen-bond donors (Lipinski definition) is 1. The van der Waals surface area contributed by atoms with Gasteiger partial charge in [-0.3, -0.25) is 18.6 Å². The van der Waals surface area contributed by atoms with Gasteiger partial charge < -0.3 is 18.9 Å². The van der Waals surface area contributed by atoms with Crippen molar-refractivity contribution in [3.63, 3.8) is 0 Å². The molecule has 0 heterocycles. The summed E-state index contributed by atoms with van der Waals surface area (Å²) < 4.78 is 34.8. The van der Waals surface area contributed by atoms with Gasteiger partial charge in [0.1, 0.15) is 19.8 Å². The van der Waals surface area contributed by atoms with Crippen molar-refractivity contribution in [2.75, 3.05) is 47.5 Å². The summed E-state index contributed by atoms with van der Waals surface area (Å²) in [6, 6.07) is 0. The Labute approximate surface area is 562 Å². The van der Waals surface area contributed by atoms with Crippen LogP contribution in [0.15, 0.2) is 12.2 Å². The highest BCUT2D eigenvalue weighted by molar-refractivity contribution is 7.47. The monoisotopic (exact) mass is 1290 g/mol. The summed E-state index contributed by atoms with van der Waals surface area (Å²) in [4.78, 5) is 36.0. The molecule has 10 heteroatoms. The molecule has 0 aliphatic carbocycles. The van der Waals surface area contributed by atoms with Gasteiger partial charge in [-0.15, -0.1) is 0 Å². The average molecular weight is 1290 g/mol. The van der Waals surface area contributed by atoms with Crippen LogP contribution in [0.2, 0.25) is 0 Å². The summed E-state index contributed by atoms with van der Waals surface area (Å²) in [6.45, 7) is 4.53. The topological polar surface area (TPSA) is 108 Å². The Kier molecular flexibility index (Phi) is 71.0. The van der Waals surface area contributed by atoms with E-state index in [4.69, 9.17) is 18.5 Å². The summed E-state index contributed by atoms with van der Waals surface area (Å²) in [7, 11) is 1.51. The third-order valence-corrected chi connectivity index (χ3v) is 19.8. The van der Waals surface area contributed by atoms with Gasteiger partial charge in [0.15, 0.2) is 6.10 Å². The van der Waals surface area contributed by atoms with Crippen molar-refractivity contribution >= 4 is 19.8 Å². The summed E-state index contributed by atoms with van der Waals surface area (Å²) in [5, 5.41) is 0. The van der Waals surface area contributed by atoms with Gasteiger partial charge in [0, 0.05) is 12.8 Å². The molecular weight excluding hydrogens is 1130 g/mol. The molecule has 536 valence electrons. The van der Waals surface area contributed by atoms with Crippen molar-refractivity contribution in [3.05, 3.63) is 12.2 Å². The number of esters is 2. The number of likely N-dealkylation sites (N-methyl/N-ethyl adjacent to an activating group) is 1. The van der Waals surface area contributed by atoms with E-state index in [1.165, 1.54) is 372 Å². The van der Waals surface area contributed by atoms with Crippen LogP contribution in [-0.4, -0.2) is 74.9 Å². The maximum atomic E-state index is 12.9. The van der Waals surface area contributed by atoms with E-state index in [0.717, 1.165) is 38.5 Å². The molecule has 0 saturated carbocycles. The number of phosphoric acid groups is 1. The molecule has 0 saturated heterocycles. The fourth-order valence-electron chi connectivity index (χ4n) is 12.6. The van der Waals surface area contributed by atoms with Crippen LogP contribution in [0.25, 0.3) is 0 Å². The first-order valence-electron chi connectivity index (χ1n) is 40.4. The van der Waals surface area contributed by atoms with Gasteiger partial charge in [0.2, 0.25) is 0 Å². The minimum Gasteiger partial charge on any atom is -0.462 e. The lowest BCUT2D eigenvalue weighted by atomic mass is 10.0. The second kappa shape index (κ2) is 72.0. The highest BCUT2D eigenvalue weighted by Gasteiger charge is 2.27. The molecule has 0 radical (unpaired) electrons. The number of allylic oxidation sites excluding steroid dienone is 2. The molecule has 0 rings (SSSR count). The fourth-order valence-corrected chi connectivity index (χ4v) is 13.3. The van der Waals surface area contributed by atoms with E-state index in [1.807, 2.05) is 21.1 Å². The highest BCUT2D eigenvalue weighted by Crippen LogP contribution is 2.43. The Balaban J connectivity index is 3.87. The molecule has 0 spiro atoms. The Morgan fingerprint density at radius 1 is 0.333 bits per heavy atom. The zero-order chi connectivity index (χ0) is 65.5. The lowest BCUT2D eigenvalue weighted by Gasteiger charge is -2.24. The van der Waals surface area contributed by atoms with E-state index in [1.54, 1.807) is 0 Å². The first-order valence-corrected chi connectivity index (χ1v) is 41.9. The standard InChI is InChI=1S/C80H158NO8P/c1-6-8-10-12-14-16-18-20-22-24-26-28-30-32-34-35-36-37-38-39-40-41-42-43-44-45-47-49-51-53-55-57-59-61-63-65-67-69-71-73-80(83)89-78(77-88-90(84,85)87-75-74-81(3,4)5)76-86-79(82)72-70-68-66-64-62-60-58-56-54-52-50-48-46-33-31-29-27-25-23-21-19-17-15-13-11-9-7-2/h24,26,78H,6-23,25,27-77H2,1-5H3/p+1/b26-24-. The van der Waals surface area contributed by atoms with Gasteiger partial charge in [0.05, 0.1) is 27.7 Å². The van der Waals surface area contributed by atoms with E-state index < -0.39 is 26.5 Å². The molecule has 0 aliphatic heterocycles. The number of unbranched alkanes of at least 4 members (excludes halogenated alkanes) is 61. The molecule has 9 nitrogen and oxygen atoms in total. The molecule has 0 aliphatic rings. The van der Waals surface area contributed by atoms with Crippen LogP contribution in [-0.2, 0) is 32.7 Å². The normalized spacial score (nSPS) is 13.0. The Morgan fingerprint density at radius 2 is 0.567 bits per heavy atom. The first-order chi connectivity index (χ1) is 44.0. The third-order valence-electron chi connectivity index (χ3n) is 18.8. The third kappa shape index (κ3) is 75.8. The van der Waals surface area contributed by atoms with Crippen LogP contribution in [0.3, 0.4) is 0 Å². The summed E-state index contributed by atoms with van der Waals surface area (Å²) >= 11 is 0. The first kappa shape index (κ1) is 88.8. The van der Waals surface area contributed by atoms with Crippen molar-refractivity contribution in [1.82, 2.24) is 0 Å². The van der Waals surface area contributed by atoms with Crippen molar-refractivity contribution in [1.29, 1.82) is 0 Å². The number of carbonyl (C=O) groups is 2. The number of hydrogen-bond acceptors (Lipinski definition) is 7. The van der Waals surface area contributed by atoms with E-state index in [9.17, 15) is 19.0 Å². The zero-order valence-corrected chi connectivity index (χ0v) is 62.3. The van der Waals surface area contributed by atoms with E-state index in [-0.39, 0.29) is 25.6 Å². The van der Waals surface area contributed by atoms with Crippen LogP contribution in [0.5, 0.6) is 0 Å². The van der Waals surface area contributed by atoms with Crippen LogP contribution in [0.4, 0.5) is 0 Å². The van der Waals surface area contributed by atoms with Gasteiger partial charge >= 0.3 is 19.8 Å². The van der Waals surface area contributed by atoms with Gasteiger partial charge in [-0.1, -0.05) is 398 Å². The summed E-state index contributed by atoms with van der Waals surface area (Å²) in [6.07, 6.45) is 90.9. The Hall–Kier alpha value is -1.25. The minimum atomic E-state index is -4.39. The second-order valence-electron chi connectivity index (χ2n) is 29.2. The molecule has 0 bridgehead atoms. The molecule has 0 amide bonds. The number of rotatable bonds is 77. The van der Waals surface area contributed by atoms with Gasteiger partial charge in [0.25, 0.3) is 0 Å². The average Bonchev–Trinajstić information content (AvgIpc) is 3.58. The van der Waals surface area contributed by atoms with Gasteiger partial charge in [-0.2, -0.15) is 0 Å². The molecule has 90 heavy (non-hydrogen) atoms. The lowest BCUT2D eigenvalue weighted by molar-refractivity contribution is -0.870. The van der Waals surface area contributed by atoms with Crippen LogP contribution in [0.1, 0.15) is 438 Å². The number of nitrogens with zero attached hydrogens (tertiary/aromatic N) is 1. The van der Waals surface area contributed by atoms with Crippen molar-refractivity contribution in [2.45, 2.75) is 444 Å². The number of quaternary nitrogens is 1. The molecular formula is C80H159NO8P+. The number of ether oxygens (including phenoxy) is 2. The molecule has 1 N–H and O–H groups in total. The molecule has 2 unspecified atom stereocenters. The van der Waals surface area contributed by atoms with Gasteiger partial charge in [-0.05, 0) is 38.5 Å². The molecule has 0 aromatic carbocycles. The maximum Gasteiger partial charge on any atom is 0.472 e. The highest BCUT2D eigenvalue weighted by atomic mass is 31.2. The molecule has 2 atom stereocenters. The number of phosphoric ester groups is 1. The van der Waals surface area contributed by atoms with Crippen LogP contribution in [0, 0.1) is 0 Å². The SMILES string of the molecule is CCCCCCCCCC/C=C\CCCCCCCCCCCCCCCCCCCCCCCCCCCCCC(=O)OC(COC(=O)CCCCCCCCCCCCCCCCCCCCCCCCCCCCC)COP(=O)(O)OCC[N+](C)(C)C. The van der Waals surface area contributed by atoms with E-state index >= 15 is 0 Å². The van der Waals surface area contributed by atoms with Gasteiger partial charge in [-0.25, -0.2) is 4.57 Å². The largest absolute Gasteiger partial charge is 0.472 e. The fraction of sp³-hybridized carbons (Fsp3) is 0.950. The minimum absolute atomic E-state index is 0.0372. The maximum absolute atomic E-state index is 12.9. The molecule has 0 fully saturated rings. The van der Waals surface area contributed by atoms with Crippen LogP contribution < -0.4 is 0 Å². The van der Waals surface area contributed by atoms with Crippen LogP contribution >= 0.6 is 7.82 Å². The van der Waals surface area contributed by atoms with Crippen molar-refractivity contribution in [2.24, 2.45) is 0 Å². The van der Waals surface area contributed by atoms with Crippen molar-refractivity contribution < 1.29 is 42.1 Å². The lowest BCUT2D eigenvalue weighted by Crippen LogP contribution is -2.37. The predicted octanol–water partition coefficient (Wildman–Crippen LogP) is 26.6. The smallest absolute Gasteiger partial charge is 0.462 e. The summed E-state index contributed by atoms with van der Waals surface area (Å²) in [5.41, 5.74) is 0.